The lowest BCUT2D eigenvalue weighted by Gasteiger charge is -2.07. The molecular weight excluding hydrogens is 237 g/mol. The molecule has 1 N–H and O–H groups in total. The summed E-state index contributed by atoms with van der Waals surface area (Å²) in [4.78, 5) is 3.57. The second-order valence-electron chi connectivity index (χ2n) is 3.10. The maximum Gasteiger partial charge on any atom is 0.216 e. The van der Waals surface area contributed by atoms with Crippen molar-refractivity contribution in [1.29, 1.82) is 0 Å². The maximum absolute atomic E-state index is 13.1. The van der Waals surface area contributed by atoms with Crippen LogP contribution in [0.5, 0.6) is 0 Å². The maximum atomic E-state index is 13.1. The number of hydrogen-bond acceptors (Lipinski definition) is 2. The largest absolute Gasteiger partial charge is 0.396 e. The summed E-state index contributed by atoms with van der Waals surface area (Å²) < 4.78 is 13.8. The molecular formula is C9H11BrFNO. The molecule has 0 aliphatic carbocycles. The van der Waals surface area contributed by atoms with Gasteiger partial charge in [-0.25, -0.2) is 4.98 Å². The van der Waals surface area contributed by atoms with E-state index in [4.69, 9.17) is 5.11 Å². The van der Waals surface area contributed by atoms with E-state index in [0.717, 1.165) is 4.47 Å². The van der Waals surface area contributed by atoms with E-state index in [1.807, 2.05) is 6.92 Å². The van der Waals surface area contributed by atoms with Crippen LogP contribution in [0.2, 0.25) is 0 Å². The number of hydrogen-bond donors (Lipinski definition) is 1. The molecule has 2 nitrogen and oxygen atoms in total. The van der Waals surface area contributed by atoms with Crippen LogP contribution < -0.4 is 0 Å². The molecule has 0 aromatic carbocycles. The van der Waals surface area contributed by atoms with Gasteiger partial charge in [-0.15, -0.1) is 0 Å². The summed E-state index contributed by atoms with van der Waals surface area (Å²) in [6.45, 7) is 1.92. The number of pyridine rings is 1. The van der Waals surface area contributed by atoms with Gasteiger partial charge in [0.25, 0.3) is 0 Å². The zero-order valence-corrected chi connectivity index (χ0v) is 8.88. The Kier molecular flexibility index (Phi) is 3.81. The van der Waals surface area contributed by atoms with Crippen molar-refractivity contribution in [3.05, 3.63) is 28.2 Å². The molecule has 13 heavy (non-hydrogen) atoms. The molecule has 1 aromatic heterocycles. The minimum absolute atomic E-state index is 0.0607. The van der Waals surface area contributed by atoms with E-state index in [1.165, 1.54) is 6.20 Å². The molecule has 0 aliphatic heterocycles. The fourth-order valence-corrected chi connectivity index (χ4v) is 1.43. The highest BCUT2D eigenvalue weighted by Gasteiger charge is 2.08. The first-order valence-electron chi connectivity index (χ1n) is 4.04. The third-order valence-electron chi connectivity index (χ3n) is 1.76. The Labute approximate surface area is 84.9 Å². The summed E-state index contributed by atoms with van der Waals surface area (Å²) >= 11 is 3.22. The van der Waals surface area contributed by atoms with E-state index < -0.39 is 5.95 Å². The molecule has 0 saturated heterocycles. The van der Waals surface area contributed by atoms with Crippen LogP contribution in [-0.4, -0.2) is 16.7 Å². The van der Waals surface area contributed by atoms with Crippen molar-refractivity contribution >= 4 is 15.9 Å². The average Bonchev–Trinajstić information content (AvgIpc) is 2.11. The third kappa shape index (κ3) is 3.04. The zero-order chi connectivity index (χ0) is 9.84. The van der Waals surface area contributed by atoms with Gasteiger partial charge in [-0.3, -0.25) is 0 Å². The smallest absolute Gasteiger partial charge is 0.216 e. The molecule has 0 fully saturated rings. The predicted octanol–water partition coefficient (Wildman–Crippen LogP) is 2.15. The Hall–Kier alpha value is -0.480. The molecule has 0 radical (unpaired) electrons. The van der Waals surface area contributed by atoms with E-state index in [0.29, 0.717) is 12.0 Å². The molecule has 1 heterocycles. The van der Waals surface area contributed by atoms with Gasteiger partial charge in [0.2, 0.25) is 5.95 Å². The van der Waals surface area contributed by atoms with Gasteiger partial charge >= 0.3 is 0 Å². The van der Waals surface area contributed by atoms with E-state index >= 15 is 0 Å². The van der Waals surface area contributed by atoms with Crippen LogP contribution in [0.15, 0.2) is 16.7 Å². The van der Waals surface area contributed by atoms with Crippen LogP contribution in [0.4, 0.5) is 4.39 Å². The van der Waals surface area contributed by atoms with Crippen molar-refractivity contribution in [3.63, 3.8) is 0 Å². The van der Waals surface area contributed by atoms with Crippen LogP contribution in [0.3, 0.4) is 0 Å². The second-order valence-corrected chi connectivity index (χ2v) is 4.01. The monoisotopic (exact) mass is 247 g/mol. The molecule has 1 aromatic rings. The normalized spacial score (nSPS) is 12.9. The number of nitrogens with zero attached hydrogens (tertiary/aromatic N) is 1. The highest BCUT2D eigenvalue weighted by atomic mass is 79.9. The first-order valence-corrected chi connectivity index (χ1v) is 4.83. The Morgan fingerprint density at radius 3 is 3.00 bits per heavy atom. The lowest BCUT2D eigenvalue weighted by molar-refractivity contribution is 0.236. The summed E-state index contributed by atoms with van der Waals surface area (Å²) in [7, 11) is 0. The number of aromatic nitrogens is 1. The number of halogens is 2. The molecule has 1 atom stereocenters. The quantitative estimate of drug-likeness (QED) is 0.831. The van der Waals surface area contributed by atoms with Crippen molar-refractivity contribution < 1.29 is 9.50 Å². The molecule has 0 spiro atoms. The number of rotatable bonds is 3. The zero-order valence-electron chi connectivity index (χ0n) is 7.30. The van der Waals surface area contributed by atoms with Gasteiger partial charge in [-0.2, -0.15) is 4.39 Å². The van der Waals surface area contributed by atoms with Gasteiger partial charge in [0.15, 0.2) is 0 Å². The fourth-order valence-electron chi connectivity index (χ4n) is 1.05. The molecule has 0 amide bonds. The minimum Gasteiger partial charge on any atom is -0.396 e. The van der Waals surface area contributed by atoms with Crippen LogP contribution in [0.25, 0.3) is 0 Å². The Bertz CT molecular complexity index is 293. The average molecular weight is 248 g/mol. The van der Waals surface area contributed by atoms with Gasteiger partial charge < -0.3 is 5.11 Å². The van der Waals surface area contributed by atoms with Crippen molar-refractivity contribution in [1.82, 2.24) is 4.98 Å². The van der Waals surface area contributed by atoms with Crippen LogP contribution >= 0.6 is 15.9 Å². The molecule has 0 bridgehead atoms. The van der Waals surface area contributed by atoms with Gasteiger partial charge in [-0.05, 0) is 34.3 Å². The number of aliphatic hydroxyl groups excluding tert-OH is 1. The van der Waals surface area contributed by atoms with Gasteiger partial charge in [0.05, 0.1) is 0 Å². The predicted molar refractivity (Wildman–Crippen MR) is 51.8 cm³/mol. The number of aliphatic hydroxyl groups is 1. The van der Waals surface area contributed by atoms with E-state index in [9.17, 15) is 4.39 Å². The SMILES string of the molecule is C[C@H](CO)Cc1cc(Br)cnc1F. The molecule has 0 unspecified atom stereocenters. The van der Waals surface area contributed by atoms with Crippen LogP contribution in [0.1, 0.15) is 12.5 Å². The Balaban J connectivity index is 2.81. The molecule has 0 saturated carbocycles. The van der Waals surface area contributed by atoms with E-state index in [2.05, 4.69) is 20.9 Å². The van der Waals surface area contributed by atoms with Crippen molar-refractivity contribution in [3.8, 4) is 0 Å². The van der Waals surface area contributed by atoms with Crippen molar-refractivity contribution in [2.45, 2.75) is 13.3 Å². The molecule has 0 aliphatic rings. The topological polar surface area (TPSA) is 33.1 Å². The fraction of sp³-hybridized carbons (Fsp3) is 0.444. The Morgan fingerprint density at radius 2 is 2.38 bits per heavy atom. The minimum atomic E-state index is -0.455. The molecule has 1 rings (SSSR count). The standard InChI is InChI=1S/C9H11BrFNO/c1-6(5-13)2-7-3-8(10)4-12-9(7)11/h3-4,6,13H,2,5H2,1H3/t6-/m0/s1. The summed E-state index contributed by atoms with van der Waals surface area (Å²) in [5, 5.41) is 8.80. The summed E-state index contributed by atoms with van der Waals surface area (Å²) in [6, 6.07) is 1.69. The first-order chi connectivity index (χ1) is 6.13. The van der Waals surface area contributed by atoms with Gasteiger partial charge in [0.1, 0.15) is 0 Å². The lowest BCUT2D eigenvalue weighted by atomic mass is 10.0. The van der Waals surface area contributed by atoms with Crippen LogP contribution in [-0.2, 0) is 6.42 Å². The van der Waals surface area contributed by atoms with Gasteiger partial charge in [-0.1, -0.05) is 6.92 Å². The highest BCUT2D eigenvalue weighted by Crippen LogP contribution is 2.16. The second kappa shape index (κ2) is 4.67. The molecule has 4 heteroatoms. The molecule has 72 valence electrons. The van der Waals surface area contributed by atoms with E-state index in [-0.39, 0.29) is 12.5 Å². The van der Waals surface area contributed by atoms with Crippen molar-refractivity contribution in [2.75, 3.05) is 6.61 Å². The first kappa shape index (κ1) is 10.6. The van der Waals surface area contributed by atoms with Crippen molar-refractivity contribution in [2.24, 2.45) is 5.92 Å². The van der Waals surface area contributed by atoms with Gasteiger partial charge in [0, 0.05) is 22.8 Å². The summed E-state index contributed by atoms with van der Waals surface area (Å²) in [5.74, 6) is -0.394. The third-order valence-corrected chi connectivity index (χ3v) is 2.19. The Morgan fingerprint density at radius 1 is 1.69 bits per heavy atom. The highest BCUT2D eigenvalue weighted by molar-refractivity contribution is 9.10. The summed E-state index contributed by atoms with van der Waals surface area (Å²) in [6.07, 6.45) is 1.93. The summed E-state index contributed by atoms with van der Waals surface area (Å²) in [5.41, 5.74) is 0.538. The van der Waals surface area contributed by atoms with E-state index in [1.54, 1.807) is 6.07 Å². The lowest BCUT2D eigenvalue weighted by Crippen LogP contribution is -2.06. The van der Waals surface area contributed by atoms with Crippen LogP contribution in [0, 0.1) is 11.9 Å².